The van der Waals surface area contributed by atoms with Gasteiger partial charge in [0.05, 0.1) is 0 Å². The van der Waals surface area contributed by atoms with Gasteiger partial charge in [0.2, 0.25) is 0 Å². The summed E-state index contributed by atoms with van der Waals surface area (Å²) in [7, 11) is 0. The maximum atomic E-state index is 4.52. The van der Waals surface area contributed by atoms with Crippen LogP contribution in [0.4, 0.5) is 0 Å². The fourth-order valence-corrected chi connectivity index (χ4v) is 3.33. The molecular weight excluding hydrogens is 300 g/mol. The van der Waals surface area contributed by atoms with E-state index in [4.69, 9.17) is 0 Å². The van der Waals surface area contributed by atoms with Crippen LogP contribution >= 0.6 is 15.9 Å². The minimum atomic E-state index is 0.328. The number of fused-ring (bicyclic) bond motifs is 1. The van der Waals surface area contributed by atoms with Gasteiger partial charge in [0, 0.05) is 22.6 Å². The molecule has 0 radical (unpaired) electrons. The van der Waals surface area contributed by atoms with Gasteiger partial charge >= 0.3 is 0 Å². The van der Waals surface area contributed by atoms with Crippen LogP contribution in [-0.4, -0.2) is 9.97 Å². The Kier molecular flexibility index (Phi) is 3.92. The number of alkyl halides is 1. The Hall–Kier alpha value is -1.22. The van der Waals surface area contributed by atoms with E-state index in [9.17, 15) is 0 Å². The Labute approximate surface area is 122 Å². The van der Waals surface area contributed by atoms with E-state index in [0.717, 1.165) is 19.3 Å². The van der Waals surface area contributed by atoms with Gasteiger partial charge in [-0.1, -0.05) is 46.3 Å². The first kappa shape index (κ1) is 12.8. The van der Waals surface area contributed by atoms with E-state index < -0.39 is 0 Å². The zero-order valence-corrected chi connectivity index (χ0v) is 12.4. The van der Waals surface area contributed by atoms with E-state index in [2.05, 4.69) is 56.2 Å². The smallest absolute Gasteiger partial charge is 0.115 e. The number of halogens is 1. The Morgan fingerprint density at radius 2 is 1.84 bits per heavy atom. The van der Waals surface area contributed by atoms with Gasteiger partial charge in [-0.2, -0.15) is 0 Å². The van der Waals surface area contributed by atoms with E-state index in [1.165, 1.54) is 35.4 Å². The van der Waals surface area contributed by atoms with Crippen molar-refractivity contribution < 1.29 is 0 Å². The van der Waals surface area contributed by atoms with Gasteiger partial charge in [-0.3, -0.25) is 0 Å². The first-order valence-electron chi connectivity index (χ1n) is 6.85. The predicted octanol–water partition coefficient (Wildman–Crippen LogP) is 4.03. The maximum absolute atomic E-state index is 4.52. The second-order valence-electron chi connectivity index (χ2n) is 5.04. The number of rotatable bonds is 3. The fraction of sp³-hybridized carbons (Fsp3) is 0.375. The Morgan fingerprint density at radius 1 is 1.05 bits per heavy atom. The molecule has 1 aromatic heterocycles. The van der Waals surface area contributed by atoms with Crippen molar-refractivity contribution in [3.63, 3.8) is 0 Å². The van der Waals surface area contributed by atoms with Crippen LogP contribution in [-0.2, 0) is 19.3 Å². The van der Waals surface area contributed by atoms with Crippen molar-refractivity contribution >= 4 is 15.9 Å². The molecule has 1 heterocycles. The highest BCUT2D eigenvalue weighted by atomic mass is 79.9. The van der Waals surface area contributed by atoms with Crippen LogP contribution in [0.15, 0.2) is 36.7 Å². The van der Waals surface area contributed by atoms with Crippen molar-refractivity contribution in [3.05, 3.63) is 59.2 Å². The fourth-order valence-electron chi connectivity index (χ4n) is 2.71. The average molecular weight is 317 g/mol. The number of hydrogen-bond acceptors (Lipinski definition) is 2. The molecule has 2 nitrogen and oxygen atoms in total. The van der Waals surface area contributed by atoms with Crippen LogP contribution in [0.25, 0.3) is 0 Å². The van der Waals surface area contributed by atoms with Crippen molar-refractivity contribution in [1.29, 1.82) is 0 Å². The maximum Gasteiger partial charge on any atom is 0.115 e. The lowest BCUT2D eigenvalue weighted by molar-refractivity contribution is 0.648. The van der Waals surface area contributed by atoms with Crippen molar-refractivity contribution in [2.24, 2.45) is 0 Å². The van der Waals surface area contributed by atoms with Crippen LogP contribution in [0, 0.1) is 0 Å². The highest BCUT2D eigenvalue weighted by Gasteiger charge is 2.18. The average Bonchev–Trinajstić information content (AvgIpc) is 2.48. The van der Waals surface area contributed by atoms with E-state index in [-0.39, 0.29) is 0 Å². The molecule has 1 aliphatic carbocycles. The quantitative estimate of drug-likeness (QED) is 0.799. The third kappa shape index (κ3) is 2.86. The van der Waals surface area contributed by atoms with Crippen LogP contribution in [0.3, 0.4) is 0 Å². The molecule has 98 valence electrons. The summed E-state index contributed by atoms with van der Waals surface area (Å²) in [4.78, 5) is 9.28. The summed E-state index contributed by atoms with van der Waals surface area (Å²) in [5.41, 5.74) is 5.19. The molecule has 1 aliphatic rings. The van der Waals surface area contributed by atoms with Gasteiger partial charge in [0.1, 0.15) is 6.33 Å². The van der Waals surface area contributed by atoms with E-state index in [1.807, 2.05) is 0 Å². The standard InChI is InChI=1S/C16H17BrN2/c17-14(12-6-2-1-3-7-12)10-16-13-8-4-5-9-15(13)18-11-19-16/h1-3,6-7,11,14H,4-5,8-10H2. The zero-order chi connectivity index (χ0) is 13.1. The highest BCUT2D eigenvalue weighted by molar-refractivity contribution is 9.09. The van der Waals surface area contributed by atoms with Crippen LogP contribution < -0.4 is 0 Å². The van der Waals surface area contributed by atoms with Crippen molar-refractivity contribution in [3.8, 4) is 0 Å². The largest absolute Gasteiger partial charge is 0.241 e. The van der Waals surface area contributed by atoms with Crippen molar-refractivity contribution in [2.75, 3.05) is 0 Å². The Balaban J connectivity index is 1.84. The third-order valence-corrected chi connectivity index (χ3v) is 4.60. The lowest BCUT2D eigenvalue weighted by atomic mass is 9.93. The van der Waals surface area contributed by atoms with Gasteiger partial charge in [-0.25, -0.2) is 9.97 Å². The zero-order valence-electron chi connectivity index (χ0n) is 10.8. The Bertz CT molecular complexity index is 554. The molecule has 0 saturated carbocycles. The monoisotopic (exact) mass is 316 g/mol. The molecule has 2 aromatic rings. The lowest BCUT2D eigenvalue weighted by Crippen LogP contribution is -2.11. The van der Waals surface area contributed by atoms with Crippen molar-refractivity contribution in [1.82, 2.24) is 9.97 Å². The minimum absolute atomic E-state index is 0.328. The number of aryl methyl sites for hydroxylation is 1. The highest BCUT2D eigenvalue weighted by Crippen LogP contribution is 2.29. The molecule has 3 heteroatoms. The topological polar surface area (TPSA) is 25.8 Å². The SMILES string of the molecule is BrC(Cc1ncnc2c1CCCC2)c1ccccc1. The van der Waals surface area contributed by atoms with Crippen LogP contribution in [0.1, 0.15) is 40.2 Å². The minimum Gasteiger partial charge on any atom is -0.241 e. The number of nitrogens with zero attached hydrogens (tertiary/aromatic N) is 2. The molecule has 3 rings (SSSR count). The molecule has 1 atom stereocenters. The molecule has 0 N–H and O–H groups in total. The first-order chi connectivity index (χ1) is 9.34. The van der Waals surface area contributed by atoms with E-state index >= 15 is 0 Å². The Morgan fingerprint density at radius 3 is 2.68 bits per heavy atom. The van der Waals surface area contributed by atoms with Gasteiger partial charge < -0.3 is 0 Å². The second kappa shape index (κ2) is 5.83. The first-order valence-corrected chi connectivity index (χ1v) is 7.77. The summed E-state index contributed by atoms with van der Waals surface area (Å²) in [5, 5.41) is 0. The number of benzene rings is 1. The second-order valence-corrected chi connectivity index (χ2v) is 6.14. The van der Waals surface area contributed by atoms with Gasteiger partial charge in [0.25, 0.3) is 0 Å². The lowest BCUT2D eigenvalue weighted by Gasteiger charge is -2.19. The predicted molar refractivity (Wildman–Crippen MR) is 80.5 cm³/mol. The summed E-state index contributed by atoms with van der Waals surface area (Å²) in [6.07, 6.45) is 7.45. The summed E-state index contributed by atoms with van der Waals surface area (Å²) in [6, 6.07) is 10.5. The summed E-state index contributed by atoms with van der Waals surface area (Å²) >= 11 is 3.79. The van der Waals surface area contributed by atoms with E-state index in [1.54, 1.807) is 6.33 Å². The number of aromatic nitrogens is 2. The molecule has 0 saturated heterocycles. The number of hydrogen-bond donors (Lipinski definition) is 0. The normalized spacial score (nSPS) is 15.8. The molecule has 1 unspecified atom stereocenters. The summed E-state index contributed by atoms with van der Waals surface area (Å²) < 4.78 is 0. The molecule has 0 aliphatic heterocycles. The molecular formula is C16H17BrN2. The molecule has 1 aromatic carbocycles. The summed E-state index contributed by atoms with van der Waals surface area (Å²) in [5.74, 6) is 0. The van der Waals surface area contributed by atoms with Gasteiger partial charge in [-0.15, -0.1) is 0 Å². The molecule has 19 heavy (non-hydrogen) atoms. The van der Waals surface area contributed by atoms with Crippen molar-refractivity contribution in [2.45, 2.75) is 36.9 Å². The van der Waals surface area contributed by atoms with Gasteiger partial charge in [0.15, 0.2) is 0 Å². The van der Waals surface area contributed by atoms with E-state index in [0.29, 0.717) is 4.83 Å². The van der Waals surface area contributed by atoms with Crippen LogP contribution in [0.2, 0.25) is 0 Å². The molecule has 0 spiro atoms. The van der Waals surface area contributed by atoms with Crippen LogP contribution in [0.5, 0.6) is 0 Å². The third-order valence-electron chi connectivity index (χ3n) is 3.75. The molecule has 0 bridgehead atoms. The summed E-state index contributed by atoms with van der Waals surface area (Å²) in [6.45, 7) is 0. The molecule has 0 amide bonds. The van der Waals surface area contributed by atoms with Gasteiger partial charge in [-0.05, 0) is 36.8 Å². The molecule has 0 fully saturated rings.